The number of aromatic nitrogens is 5. The lowest BCUT2D eigenvalue weighted by Crippen LogP contribution is -2.13. The highest BCUT2D eigenvalue weighted by Gasteiger charge is 2.20. The number of amides is 1. The fourth-order valence-electron chi connectivity index (χ4n) is 3.72. The molecule has 1 N–H and O–H groups in total. The molecular formula is C24H22N6O2S2. The van der Waals surface area contributed by atoms with Crippen LogP contribution in [0.3, 0.4) is 0 Å². The Labute approximate surface area is 204 Å². The lowest BCUT2D eigenvalue weighted by atomic mass is 10.1. The summed E-state index contributed by atoms with van der Waals surface area (Å²) < 4.78 is 8.41. The van der Waals surface area contributed by atoms with Gasteiger partial charge in [0.25, 0.3) is 5.91 Å². The number of hydrogen-bond donors (Lipinski definition) is 1. The van der Waals surface area contributed by atoms with E-state index in [0.717, 1.165) is 26.3 Å². The van der Waals surface area contributed by atoms with Crippen molar-refractivity contribution in [1.29, 1.82) is 0 Å². The van der Waals surface area contributed by atoms with E-state index in [2.05, 4.69) is 20.6 Å². The minimum Gasteiger partial charge on any atom is -0.466 e. The minimum absolute atomic E-state index is 0.0985. The predicted octanol–water partition coefficient (Wildman–Crippen LogP) is 6.14. The molecule has 0 aliphatic rings. The van der Waals surface area contributed by atoms with Gasteiger partial charge in [0.2, 0.25) is 0 Å². The van der Waals surface area contributed by atoms with Gasteiger partial charge in [-0.1, -0.05) is 23.1 Å². The lowest BCUT2D eigenvalue weighted by Gasteiger charge is -2.11. The summed E-state index contributed by atoms with van der Waals surface area (Å²) in [5.74, 6) is 1.33. The summed E-state index contributed by atoms with van der Waals surface area (Å²) in [5, 5.41) is 16.1. The zero-order chi connectivity index (χ0) is 23.8. The second-order valence-corrected chi connectivity index (χ2v) is 10.2. The molecule has 4 heterocycles. The fourth-order valence-corrected chi connectivity index (χ4v) is 5.17. The van der Waals surface area contributed by atoms with Crippen LogP contribution in [0.1, 0.15) is 41.8 Å². The highest BCUT2D eigenvalue weighted by Crippen LogP contribution is 2.31. The number of nitrogens with zero attached hydrogens (tertiary/aromatic N) is 5. The first kappa shape index (κ1) is 22.3. The maximum atomic E-state index is 13.4. The quantitative estimate of drug-likeness (QED) is 0.305. The van der Waals surface area contributed by atoms with E-state index >= 15 is 0 Å². The van der Waals surface area contributed by atoms with Gasteiger partial charge in [-0.15, -0.1) is 10.2 Å². The first-order valence-corrected chi connectivity index (χ1v) is 12.4. The normalized spacial score (nSPS) is 11.4. The van der Waals surface area contributed by atoms with Crippen LogP contribution in [-0.4, -0.2) is 30.9 Å². The number of rotatable bonds is 6. The van der Waals surface area contributed by atoms with Crippen LogP contribution < -0.4 is 5.32 Å². The first-order valence-electron chi connectivity index (χ1n) is 10.7. The summed E-state index contributed by atoms with van der Waals surface area (Å²) in [7, 11) is 0. The van der Waals surface area contributed by atoms with Gasteiger partial charge < -0.3 is 9.73 Å². The number of fused-ring (bicyclic) bond motifs is 1. The highest BCUT2D eigenvalue weighted by molar-refractivity contribution is 8.01. The van der Waals surface area contributed by atoms with Crippen LogP contribution >= 0.6 is 23.1 Å². The lowest BCUT2D eigenvalue weighted by molar-refractivity contribution is 0.102. The molecule has 5 rings (SSSR count). The average Bonchev–Trinajstić information content (AvgIpc) is 3.54. The van der Waals surface area contributed by atoms with Gasteiger partial charge in [0, 0.05) is 22.2 Å². The monoisotopic (exact) mass is 490 g/mol. The second-order valence-electron chi connectivity index (χ2n) is 8.09. The summed E-state index contributed by atoms with van der Waals surface area (Å²) in [6, 6.07) is 11.5. The number of furan rings is 1. The molecular weight excluding hydrogens is 468 g/mol. The number of benzene rings is 1. The molecule has 10 heteroatoms. The Bertz CT molecular complexity index is 1470. The first-order chi connectivity index (χ1) is 16.4. The third-order valence-corrected chi connectivity index (χ3v) is 7.06. The summed E-state index contributed by atoms with van der Waals surface area (Å²) in [6.07, 6.45) is 1.70. The largest absolute Gasteiger partial charge is 0.466 e. The van der Waals surface area contributed by atoms with Gasteiger partial charge >= 0.3 is 0 Å². The van der Waals surface area contributed by atoms with Crippen LogP contribution in [0.25, 0.3) is 22.3 Å². The molecule has 0 radical (unpaired) electrons. The predicted molar refractivity (Wildman–Crippen MR) is 134 cm³/mol. The van der Waals surface area contributed by atoms with Crippen LogP contribution in [0, 0.1) is 13.8 Å². The molecule has 0 saturated carbocycles. The Hall–Kier alpha value is -3.50. The summed E-state index contributed by atoms with van der Waals surface area (Å²) in [4.78, 5) is 19.3. The van der Waals surface area contributed by atoms with E-state index in [-0.39, 0.29) is 11.9 Å². The molecule has 1 aromatic carbocycles. The van der Waals surface area contributed by atoms with E-state index in [9.17, 15) is 4.79 Å². The highest BCUT2D eigenvalue weighted by atomic mass is 32.2. The van der Waals surface area contributed by atoms with Crippen molar-refractivity contribution in [3.63, 3.8) is 0 Å². The molecule has 0 fully saturated rings. The topological polar surface area (TPSA) is 98.7 Å². The Morgan fingerprint density at radius 2 is 1.97 bits per heavy atom. The molecule has 0 unspecified atom stereocenters. The number of aryl methyl sites for hydroxylation is 2. The van der Waals surface area contributed by atoms with Gasteiger partial charge in [0.15, 0.2) is 9.99 Å². The number of nitrogens with one attached hydrogen (secondary N) is 1. The van der Waals surface area contributed by atoms with Gasteiger partial charge in [-0.05, 0) is 64.1 Å². The average molecular weight is 491 g/mol. The maximum Gasteiger partial charge on any atom is 0.256 e. The summed E-state index contributed by atoms with van der Waals surface area (Å²) in [5.41, 5.74) is 5.12. The number of pyridine rings is 1. The van der Waals surface area contributed by atoms with E-state index in [1.807, 2.05) is 62.7 Å². The maximum absolute atomic E-state index is 13.4. The third kappa shape index (κ3) is 4.34. The van der Waals surface area contributed by atoms with Gasteiger partial charge in [-0.2, -0.15) is 5.10 Å². The van der Waals surface area contributed by atoms with Crippen molar-refractivity contribution < 1.29 is 9.21 Å². The van der Waals surface area contributed by atoms with Crippen LogP contribution in [0.4, 0.5) is 5.69 Å². The van der Waals surface area contributed by atoms with Crippen molar-refractivity contribution in [3.05, 3.63) is 65.2 Å². The van der Waals surface area contributed by atoms with Crippen LogP contribution in [-0.2, 0) is 0 Å². The molecule has 172 valence electrons. The molecule has 0 aliphatic heterocycles. The molecule has 0 aliphatic carbocycles. The minimum atomic E-state index is -0.223. The smallest absolute Gasteiger partial charge is 0.256 e. The van der Waals surface area contributed by atoms with E-state index in [1.54, 1.807) is 17.8 Å². The van der Waals surface area contributed by atoms with E-state index in [0.29, 0.717) is 28.0 Å². The molecule has 1 amide bonds. The Balaban J connectivity index is 1.49. The zero-order valence-corrected chi connectivity index (χ0v) is 20.7. The summed E-state index contributed by atoms with van der Waals surface area (Å²) >= 11 is 3.02. The number of hydrogen-bond acceptors (Lipinski definition) is 8. The van der Waals surface area contributed by atoms with Gasteiger partial charge in [-0.3, -0.25) is 4.79 Å². The zero-order valence-electron chi connectivity index (χ0n) is 19.1. The Kier molecular flexibility index (Phi) is 5.93. The van der Waals surface area contributed by atoms with Gasteiger partial charge in [0.1, 0.15) is 17.0 Å². The standard InChI is InChI=1S/C24H22N6O2S2/c1-13(2)30-22-20(11-26-30)19(10-21(28-22)18-9-14(3)32-15(18)4)23(31)27-16-5-7-17(8-6-16)34-24-29-25-12-33-24/h5-13H,1-4H3,(H,27,31). The number of carbonyl (C=O) groups excluding carboxylic acids is 1. The molecule has 4 aromatic heterocycles. The fraction of sp³-hybridized carbons (Fsp3) is 0.208. The van der Waals surface area contributed by atoms with E-state index in [4.69, 9.17) is 9.40 Å². The van der Waals surface area contributed by atoms with Crippen LogP contribution in [0.5, 0.6) is 0 Å². The molecule has 0 bridgehead atoms. The third-order valence-electron chi connectivity index (χ3n) is 5.27. The van der Waals surface area contributed by atoms with Crippen molar-refractivity contribution >= 4 is 45.7 Å². The Morgan fingerprint density at radius 1 is 1.18 bits per heavy atom. The van der Waals surface area contributed by atoms with Crippen molar-refractivity contribution in [3.8, 4) is 11.3 Å². The van der Waals surface area contributed by atoms with Gasteiger partial charge in [-0.25, -0.2) is 9.67 Å². The SMILES string of the molecule is Cc1cc(-c2cc(C(=O)Nc3ccc(Sc4nncs4)cc3)c3cnn(C(C)C)c3n2)c(C)o1. The van der Waals surface area contributed by atoms with E-state index in [1.165, 1.54) is 23.1 Å². The molecule has 34 heavy (non-hydrogen) atoms. The van der Waals surface area contributed by atoms with Crippen LogP contribution in [0.2, 0.25) is 0 Å². The van der Waals surface area contributed by atoms with Gasteiger partial charge in [0.05, 0.1) is 22.8 Å². The molecule has 0 atom stereocenters. The van der Waals surface area contributed by atoms with Crippen LogP contribution in [0.15, 0.2) is 61.8 Å². The molecule has 5 aromatic rings. The van der Waals surface area contributed by atoms with Crippen molar-refractivity contribution in [2.75, 3.05) is 5.32 Å². The second kappa shape index (κ2) is 9.03. The number of carbonyl (C=O) groups is 1. The molecule has 0 saturated heterocycles. The van der Waals surface area contributed by atoms with Crippen molar-refractivity contribution in [2.24, 2.45) is 0 Å². The van der Waals surface area contributed by atoms with Crippen molar-refractivity contribution in [1.82, 2.24) is 25.0 Å². The van der Waals surface area contributed by atoms with Crippen molar-refractivity contribution in [2.45, 2.75) is 43.0 Å². The molecule has 8 nitrogen and oxygen atoms in total. The molecule has 0 spiro atoms. The number of anilines is 1. The summed E-state index contributed by atoms with van der Waals surface area (Å²) in [6.45, 7) is 7.87. The van der Waals surface area contributed by atoms with E-state index < -0.39 is 0 Å². The Morgan fingerprint density at radius 3 is 2.62 bits per heavy atom.